The number of hydrogen-bond acceptors (Lipinski definition) is 4. The van der Waals surface area contributed by atoms with Gasteiger partial charge < -0.3 is 15.5 Å². The van der Waals surface area contributed by atoms with E-state index >= 15 is 0 Å². The van der Waals surface area contributed by atoms with E-state index in [0.717, 1.165) is 12.1 Å². The highest BCUT2D eigenvalue weighted by Gasteiger charge is 2.28. The largest absolute Gasteiger partial charge is 0.389 e. The molecule has 0 aromatic heterocycles. The molecule has 0 bridgehead atoms. The standard InChI is InChI=1S/C20H25N3S2.ClH/c1-13(2)22(4)12-14(3)23-16-7-5-6-8-18(16)25-19-10-9-15(20(21)24)11-17(19)23;/h5-11,13-14H,12H2,1-4H3,(H2,21,24);1H/t14-;/m1./s1. The lowest BCUT2D eigenvalue weighted by molar-refractivity contribution is 0.260. The van der Waals surface area contributed by atoms with Gasteiger partial charge in [-0.25, -0.2) is 0 Å². The molecule has 26 heavy (non-hydrogen) atoms. The Morgan fingerprint density at radius 3 is 2.42 bits per heavy atom. The van der Waals surface area contributed by atoms with Gasteiger partial charge in [0.1, 0.15) is 4.99 Å². The highest BCUT2D eigenvalue weighted by atomic mass is 35.5. The zero-order valence-electron chi connectivity index (χ0n) is 15.6. The fraction of sp³-hybridized carbons (Fsp3) is 0.350. The minimum absolute atomic E-state index is 0. The Morgan fingerprint density at radius 2 is 1.77 bits per heavy atom. The van der Waals surface area contributed by atoms with Gasteiger partial charge in [0.05, 0.1) is 11.4 Å². The molecular formula is C20H26ClN3S2. The van der Waals surface area contributed by atoms with Crippen molar-refractivity contribution in [2.24, 2.45) is 5.73 Å². The van der Waals surface area contributed by atoms with Crippen LogP contribution in [-0.2, 0) is 0 Å². The predicted octanol–water partition coefficient (Wildman–Crippen LogP) is 5.07. The molecular weight excluding hydrogens is 382 g/mol. The van der Waals surface area contributed by atoms with Crippen LogP contribution in [0.15, 0.2) is 52.3 Å². The molecule has 0 amide bonds. The van der Waals surface area contributed by atoms with Gasteiger partial charge in [-0.3, -0.25) is 0 Å². The van der Waals surface area contributed by atoms with E-state index in [2.05, 4.69) is 74.0 Å². The Bertz CT molecular complexity index is 794. The first-order chi connectivity index (χ1) is 11.9. The first-order valence-electron chi connectivity index (χ1n) is 8.58. The van der Waals surface area contributed by atoms with Crippen LogP contribution in [-0.4, -0.2) is 35.6 Å². The smallest absolute Gasteiger partial charge is 0.104 e. The Balaban J connectivity index is 0.00000243. The maximum absolute atomic E-state index is 5.88. The van der Waals surface area contributed by atoms with Gasteiger partial charge in [-0.15, -0.1) is 12.4 Å². The van der Waals surface area contributed by atoms with E-state index in [1.807, 2.05) is 17.8 Å². The number of likely N-dealkylation sites (N-methyl/N-ethyl adjacent to an activating group) is 1. The lowest BCUT2D eigenvalue weighted by Gasteiger charge is -2.39. The molecule has 3 rings (SSSR count). The van der Waals surface area contributed by atoms with Gasteiger partial charge in [-0.2, -0.15) is 0 Å². The number of nitrogens with zero attached hydrogens (tertiary/aromatic N) is 2. The van der Waals surface area contributed by atoms with Gasteiger partial charge in [0.25, 0.3) is 0 Å². The van der Waals surface area contributed by atoms with Crippen LogP contribution < -0.4 is 10.6 Å². The topological polar surface area (TPSA) is 32.5 Å². The third-order valence-corrected chi connectivity index (χ3v) is 6.09. The first kappa shape index (κ1) is 21.0. The van der Waals surface area contributed by atoms with E-state index in [-0.39, 0.29) is 12.4 Å². The number of rotatable bonds is 5. The monoisotopic (exact) mass is 407 g/mol. The Hall–Kier alpha value is -1.27. The second-order valence-corrected chi connectivity index (χ2v) is 8.39. The third kappa shape index (κ3) is 4.17. The van der Waals surface area contributed by atoms with Gasteiger partial charge in [0.15, 0.2) is 0 Å². The van der Waals surface area contributed by atoms with Crippen LogP contribution in [0.4, 0.5) is 11.4 Å². The van der Waals surface area contributed by atoms with Crippen molar-refractivity contribution in [1.29, 1.82) is 0 Å². The zero-order chi connectivity index (χ0) is 18.1. The molecule has 0 radical (unpaired) electrons. The number of halogens is 1. The van der Waals surface area contributed by atoms with Crippen LogP contribution >= 0.6 is 36.4 Å². The predicted molar refractivity (Wildman–Crippen MR) is 120 cm³/mol. The number of hydrogen-bond donors (Lipinski definition) is 1. The van der Waals surface area contributed by atoms with Crippen LogP contribution in [0, 0.1) is 0 Å². The number of benzene rings is 2. The van der Waals surface area contributed by atoms with Gasteiger partial charge in [-0.05, 0) is 52.1 Å². The first-order valence-corrected chi connectivity index (χ1v) is 9.81. The number of anilines is 2. The Labute approximate surface area is 172 Å². The molecule has 0 aliphatic carbocycles. The van der Waals surface area contributed by atoms with Crippen molar-refractivity contribution < 1.29 is 0 Å². The molecule has 2 aromatic rings. The summed E-state index contributed by atoms with van der Waals surface area (Å²) < 4.78 is 0. The van der Waals surface area contributed by atoms with Crippen molar-refractivity contribution >= 4 is 52.8 Å². The van der Waals surface area contributed by atoms with Crippen molar-refractivity contribution in [2.75, 3.05) is 18.5 Å². The molecule has 6 heteroatoms. The van der Waals surface area contributed by atoms with Crippen molar-refractivity contribution in [2.45, 2.75) is 42.6 Å². The molecule has 1 atom stereocenters. The third-order valence-electron chi connectivity index (χ3n) is 4.72. The quantitative estimate of drug-likeness (QED) is 0.699. The molecule has 1 heterocycles. The molecule has 140 valence electrons. The lowest BCUT2D eigenvalue weighted by atomic mass is 10.1. The summed E-state index contributed by atoms with van der Waals surface area (Å²) in [6.45, 7) is 7.72. The molecule has 0 unspecified atom stereocenters. The van der Waals surface area contributed by atoms with E-state index in [4.69, 9.17) is 18.0 Å². The van der Waals surface area contributed by atoms with Crippen LogP contribution in [0.25, 0.3) is 0 Å². The second kappa shape index (κ2) is 8.61. The second-order valence-electron chi connectivity index (χ2n) is 6.87. The van der Waals surface area contributed by atoms with E-state index in [1.54, 1.807) is 0 Å². The zero-order valence-corrected chi connectivity index (χ0v) is 18.0. The molecule has 0 saturated carbocycles. The van der Waals surface area contributed by atoms with Crippen molar-refractivity contribution in [3.05, 3.63) is 48.0 Å². The molecule has 2 N–H and O–H groups in total. The van der Waals surface area contributed by atoms with Gasteiger partial charge in [0, 0.05) is 34.0 Å². The Morgan fingerprint density at radius 1 is 1.12 bits per heavy atom. The summed E-state index contributed by atoms with van der Waals surface area (Å²) in [6, 6.07) is 15.7. The molecule has 0 spiro atoms. The molecule has 3 nitrogen and oxygen atoms in total. The van der Waals surface area contributed by atoms with E-state index in [9.17, 15) is 0 Å². The van der Waals surface area contributed by atoms with E-state index in [1.165, 1.54) is 21.2 Å². The summed E-state index contributed by atoms with van der Waals surface area (Å²) in [5, 5.41) is 0. The SMILES string of the molecule is CC(C)N(C)C[C@@H](C)N1c2ccccc2Sc2ccc(C(N)=S)cc21.Cl. The minimum Gasteiger partial charge on any atom is -0.389 e. The summed E-state index contributed by atoms with van der Waals surface area (Å²) in [4.78, 5) is 7.79. The van der Waals surface area contributed by atoms with Gasteiger partial charge in [0.2, 0.25) is 0 Å². The van der Waals surface area contributed by atoms with Crippen molar-refractivity contribution in [3.8, 4) is 0 Å². The molecule has 1 aliphatic heterocycles. The highest BCUT2D eigenvalue weighted by Crippen LogP contribution is 2.49. The van der Waals surface area contributed by atoms with E-state index in [0.29, 0.717) is 17.1 Å². The van der Waals surface area contributed by atoms with Gasteiger partial charge in [-0.1, -0.05) is 42.2 Å². The highest BCUT2D eigenvalue weighted by molar-refractivity contribution is 7.99. The van der Waals surface area contributed by atoms with Crippen LogP contribution in [0.1, 0.15) is 26.3 Å². The summed E-state index contributed by atoms with van der Waals surface area (Å²) >= 11 is 7.01. The lowest BCUT2D eigenvalue weighted by Crippen LogP contribution is -2.42. The van der Waals surface area contributed by atoms with Crippen LogP contribution in [0.3, 0.4) is 0 Å². The number of para-hydroxylation sites is 1. The molecule has 0 saturated heterocycles. The average Bonchev–Trinajstić information content (AvgIpc) is 2.58. The number of nitrogens with two attached hydrogens (primary N) is 1. The Kier molecular flexibility index (Phi) is 6.97. The van der Waals surface area contributed by atoms with Crippen LogP contribution in [0.5, 0.6) is 0 Å². The van der Waals surface area contributed by atoms with Crippen LogP contribution in [0.2, 0.25) is 0 Å². The molecule has 2 aromatic carbocycles. The number of thiocarbonyl (C=S) groups is 1. The summed E-state index contributed by atoms with van der Waals surface area (Å²) in [6.07, 6.45) is 0. The molecule has 1 aliphatic rings. The summed E-state index contributed by atoms with van der Waals surface area (Å²) in [7, 11) is 2.18. The van der Waals surface area contributed by atoms with Gasteiger partial charge >= 0.3 is 0 Å². The normalized spacial score (nSPS) is 13.8. The fourth-order valence-corrected chi connectivity index (χ4v) is 4.30. The summed E-state index contributed by atoms with van der Waals surface area (Å²) in [5.41, 5.74) is 9.25. The average molecular weight is 408 g/mol. The minimum atomic E-state index is 0. The summed E-state index contributed by atoms with van der Waals surface area (Å²) in [5.74, 6) is 0. The number of fused-ring (bicyclic) bond motifs is 2. The molecule has 0 fully saturated rings. The van der Waals surface area contributed by atoms with Crippen molar-refractivity contribution in [3.63, 3.8) is 0 Å². The van der Waals surface area contributed by atoms with E-state index < -0.39 is 0 Å². The maximum atomic E-state index is 5.88. The maximum Gasteiger partial charge on any atom is 0.104 e. The fourth-order valence-electron chi connectivity index (χ4n) is 3.12. The van der Waals surface area contributed by atoms with Crippen molar-refractivity contribution in [1.82, 2.24) is 4.90 Å².